The number of aliphatic hydroxyl groups is 1. The van der Waals surface area contributed by atoms with Gasteiger partial charge in [0.2, 0.25) is 0 Å². The molecule has 6 heteroatoms. The molecule has 2 amide bonds. The molecule has 1 aromatic rings. The Morgan fingerprint density at radius 3 is 2.85 bits per heavy atom. The number of urea groups is 1. The van der Waals surface area contributed by atoms with Crippen molar-refractivity contribution in [1.82, 2.24) is 15.1 Å². The van der Waals surface area contributed by atoms with Crippen molar-refractivity contribution in [3.05, 3.63) is 41.6 Å². The minimum Gasteiger partial charge on any atom is -0.508 e. The molecule has 4 unspecified atom stereocenters. The van der Waals surface area contributed by atoms with E-state index in [0.717, 1.165) is 57.2 Å². The lowest BCUT2D eigenvalue weighted by Crippen LogP contribution is -2.53. The molecule has 2 saturated heterocycles. The van der Waals surface area contributed by atoms with Gasteiger partial charge in [-0.05, 0) is 88.1 Å². The average molecular weight is 454 g/mol. The van der Waals surface area contributed by atoms with Crippen molar-refractivity contribution in [2.24, 2.45) is 11.8 Å². The smallest absolute Gasteiger partial charge is 0.322 e. The number of phenolic OH excluding ortho intramolecular Hbond substituents is 1. The van der Waals surface area contributed by atoms with E-state index in [0.29, 0.717) is 24.3 Å². The topological polar surface area (TPSA) is 76.0 Å². The number of hydrogen-bond acceptors (Lipinski definition) is 4. The van der Waals surface area contributed by atoms with Gasteiger partial charge in [-0.2, -0.15) is 0 Å². The largest absolute Gasteiger partial charge is 0.508 e. The van der Waals surface area contributed by atoms with Gasteiger partial charge in [0.15, 0.2) is 0 Å². The molecule has 5 atom stereocenters. The van der Waals surface area contributed by atoms with Crippen LogP contribution in [0.15, 0.2) is 30.5 Å². The maximum Gasteiger partial charge on any atom is 0.322 e. The van der Waals surface area contributed by atoms with Gasteiger partial charge in [0.05, 0.1) is 6.61 Å². The van der Waals surface area contributed by atoms with E-state index in [4.69, 9.17) is 0 Å². The van der Waals surface area contributed by atoms with Gasteiger partial charge in [0.25, 0.3) is 0 Å². The molecular formula is C27H39N3O3. The Morgan fingerprint density at radius 2 is 2.09 bits per heavy atom. The summed E-state index contributed by atoms with van der Waals surface area (Å²) >= 11 is 0. The summed E-state index contributed by atoms with van der Waals surface area (Å²) in [5.41, 5.74) is 3.52. The third-order valence-electron chi connectivity index (χ3n) is 8.95. The summed E-state index contributed by atoms with van der Waals surface area (Å²) in [6.07, 6.45) is 7.13. The SMILES string of the molecule is C=C1[C@H]2CCC3Cc4ccc(O)cc4C4(CCCC(C24)N1C(=O)NC(C)C)CCN3CCO. The number of nitrogens with one attached hydrogen (secondary N) is 1. The van der Waals surface area contributed by atoms with Crippen LogP contribution in [-0.2, 0) is 11.8 Å². The second-order valence-electron chi connectivity index (χ2n) is 11.0. The lowest BCUT2D eigenvalue weighted by molar-refractivity contribution is 0.0782. The average Bonchev–Trinajstić information content (AvgIpc) is 3.10. The van der Waals surface area contributed by atoms with Crippen molar-refractivity contribution in [3.8, 4) is 5.75 Å². The molecule has 6 rings (SSSR count). The van der Waals surface area contributed by atoms with Crippen molar-refractivity contribution in [3.63, 3.8) is 0 Å². The predicted octanol–water partition coefficient (Wildman–Crippen LogP) is 3.77. The molecule has 3 fully saturated rings. The van der Waals surface area contributed by atoms with E-state index in [-0.39, 0.29) is 36.1 Å². The van der Waals surface area contributed by atoms with E-state index in [1.54, 1.807) is 0 Å². The van der Waals surface area contributed by atoms with Gasteiger partial charge in [0, 0.05) is 41.7 Å². The molecule has 180 valence electrons. The zero-order valence-corrected chi connectivity index (χ0v) is 20.1. The van der Waals surface area contributed by atoms with E-state index in [2.05, 4.69) is 22.9 Å². The fraction of sp³-hybridized carbons (Fsp3) is 0.667. The number of allylic oxidation sites excluding steroid dienone is 1. The Bertz CT molecular complexity index is 931. The highest BCUT2D eigenvalue weighted by Gasteiger charge is 2.59. The second kappa shape index (κ2) is 8.62. The molecule has 3 heterocycles. The van der Waals surface area contributed by atoms with Crippen molar-refractivity contribution < 1.29 is 15.0 Å². The lowest BCUT2D eigenvalue weighted by atomic mass is 9.55. The lowest BCUT2D eigenvalue weighted by Gasteiger charge is -2.50. The first-order valence-corrected chi connectivity index (χ1v) is 12.8. The highest BCUT2D eigenvalue weighted by Crippen LogP contribution is 2.60. The number of fused-ring (bicyclic) bond motifs is 3. The van der Waals surface area contributed by atoms with E-state index < -0.39 is 0 Å². The van der Waals surface area contributed by atoms with E-state index in [1.807, 2.05) is 30.9 Å². The zero-order valence-electron chi connectivity index (χ0n) is 20.1. The quantitative estimate of drug-likeness (QED) is 0.651. The third kappa shape index (κ3) is 3.66. The van der Waals surface area contributed by atoms with E-state index in [1.165, 1.54) is 11.1 Å². The Hall–Kier alpha value is -2.05. The van der Waals surface area contributed by atoms with Crippen molar-refractivity contribution in [2.45, 2.75) is 82.3 Å². The number of phenols is 1. The molecule has 3 aliphatic heterocycles. The number of carbonyl (C=O) groups excluding carboxylic acids is 1. The standard InChI is InChI=1S/C27H39N3O3/c1-17(2)28-26(33)30-18(3)22-9-7-20-15-19-6-8-21(32)16-23(19)27(11-12-29(20)13-14-31)10-4-5-24(30)25(22)27/h6,8,16-17,20,22,24-25,31-32H,3-5,7,9-15H2,1-2H3,(H,28,33)/t20?,22-,24?,25?,27?/m1/s1. The van der Waals surface area contributed by atoms with Crippen LogP contribution >= 0.6 is 0 Å². The maximum absolute atomic E-state index is 13.3. The van der Waals surface area contributed by atoms with E-state index >= 15 is 0 Å². The van der Waals surface area contributed by atoms with Gasteiger partial charge in [-0.15, -0.1) is 0 Å². The molecule has 5 aliphatic rings. The number of rotatable bonds is 3. The number of hydrogen-bond donors (Lipinski definition) is 3. The molecular weight excluding hydrogens is 414 g/mol. The Kier molecular flexibility index (Phi) is 5.94. The fourth-order valence-corrected chi connectivity index (χ4v) is 7.76. The molecule has 0 aromatic heterocycles. The molecule has 6 nitrogen and oxygen atoms in total. The number of likely N-dealkylation sites (tertiary alicyclic amines) is 1. The van der Waals surface area contributed by atoms with Gasteiger partial charge >= 0.3 is 6.03 Å². The summed E-state index contributed by atoms with van der Waals surface area (Å²) in [6.45, 7) is 10.4. The van der Waals surface area contributed by atoms with Crippen LogP contribution in [0.2, 0.25) is 0 Å². The predicted molar refractivity (Wildman–Crippen MR) is 129 cm³/mol. The fourth-order valence-electron chi connectivity index (χ4n) is 7.76. The Morgan fingerprint density at radius 1 is 1.27 bits per heavy atom. The molecule has 1 spiro atoms. The Balaban J connectivity index is 1.66. The van der Waals surface area contributed by atoms with Crippen molar-refractivity contribution in [2.75, 3.05) is 19.7 Å². The number of aromatic hydroxyl groups is 1. The van der Waals surface area contributed by atoms with Crippen molar-refractivity contribution >= 4 is 6.03 Å². The molecule has 1 saturated carbocycles. The summed E-state index contributed by atoms with van der Waals surface area (Å²) in [6, 6.07) is 6.55. The normalized spacial score (nSPS) is 33.7. The van der Waals surface area contributed by atoms with Crippen LogP contribution in [0, 0.1) is 11.8 Å². The molecule has 33 heavy (non-hydrogen) atoms. The third-order valence-corrected chi connectivity index (χ3v) is 8.95. The number of nitrogens with zero attached hydrogens (tertiary/aromatic N) is 2. The molecule has 2 bridgehead atoms. The number of amides is 2. The molecule has 2 aliphatic carbocycles. The van der Waals surface area contributed by atoms with Crippen LogP contribution in [0.1, 0.15) is 63.5 Å². The minimum atomic E-state index is -0.0968. The number of carbonyl (C=O) groups is 1. The number of aliphatic hydroxyl groups excluding tert-OH is 1. The zero-order chi connectivity index (χ0) is 23.3. The van der Waals surface area contributed by atoms with E-state index in [9.17, 15) is 15.0 Å². The van der Waals surface area contributed by atoms with Gasteiger partial charge in [-0.1, -0.05) is 19.1 Å². The first kappa shape index (κ1) is 22.7. The summed E-state index contributed by atoms with van der Waals surface area (Å²) in [7, 11) is 0. The summed E-state index contributed by atoms with van der Waals surface area (Å²) in [5, 5.41) is 23.5. The van der Waals surface area contributed by atoms with Crippen LogP contribution < -0.4 is 5.32 Å². The van der Waals surface area contributed by atoms with Gasteiger partial charge in [-0.25, -0.2) is 4.79 Å². The van der Waals surface area contributed by atoms with Crippen LogP contribution in [0.5, 0.6) is 5.75 Å². The summed E-state index contributed by atoms with van der Waals surface area (Å²) in [4.78, 5) is 17.8. The molecule has 0 radical (unpaired) electrons. The number of benzene rings is 1. The first-order valence-electron chi connectivity index (χ1n) is 12.8. The molecule has 3 N–H and O–H groups in total. The van der Waals surface area contributed by atoms with Crippen LogP contribution in [0.25, 0.3) is 0 Å². The summed E-state index contributed by atoms with van der Waals surface area (Å²) in [5.74, 6) is 0.907. The minimum absolute atomic E-state index is 0.00740. The van der Waals surface area contributed by atoms with Crippen LogP contribution in [0.3, 0.4) is 0 Å². The van der Waals surface area contributed by atoms with Gasteiger partial charge in [0.1, 0.15) is 5.75 Å². The summed E-state index contributed by atoms with van der Waals surface area (Å²) < 4.78 is 0. The van der Waals surface area contributed by atoms with Crippen LogP contribution in [-0.4, -0.2) is 63.9 Å². The van der Waals surface area contributed by atoms with Crippen molar-refractivity contribution in [1.29, 1.82) is 0 Å². The monoisotopic (exact) mass is 453 g/mol. The maximum atomic E-state index is 13.3. The highest BCUT2D eigenvalue weighted by atomic mass is 16.3. The van der Waals surface area contributed by atoms with Gasteiger partial charge < -0.3 is 15.5 Å². The first-order chi connectivity index (χ1) is 15.9. The molecule has 1 aromatic carbocycles. The highest BCUT2D eigenvalue weighted by molar-refractivity contribution is 5.77. The second-order valence-corrected chi connectivity index (χ2v) is 11.0. The van der Waals surface area contributed by atoms with Gasteiger partial charge in [-0.3, -0.25) is 9.80 Å². The van der Waals surface area contributed by atoms with Crippen LogP contribution in [0.4, 0.5) is 4.79 Å². The Labute approximate surface area is 197 Å².